The number of rotatable bonds is 2. The molecule has 1 fully saturated rings. The summed E-state index contributed by atoms with van der Waals surface area (Å²) in [6, 6.07) is 4.28. The first-order valence-electron chi connectivity index (χ1n) is 5.60. The van der Waals surface area contributed by atoms with E-state index in [1.54, 1.807) is 0 Å². The molecule has 0 amide bonds. The van der Waals surface area contributed by atoms with Gasteiger partial charge in [0.15, 0.2) is 0 Å². The zero-order valence-electron chi connectivity index (χ0n) is 9.35. The van der Waals surface area contributed by atoms with Gasteiger partial charge in [-0.1, -0.05) is 0 Å². The number of benzene rings is 1. The van der Waals surface area contributed by atoms with Crippen molar-refractivity contribution in [1.82, 2.24) is 0 Å². The summed E-state index contributed by atoms with van der Waals surface area (Å²) in [7, 11) is 0. The van der Waals surface area contributed by atoms with E-state index in [-0.39, 0.29) is 0 Å². The third-order valence-electron chi connectivity index (χ3n) is 3.14. The Bertz CT molecular complexity index is 354. The monoisotopic (exact) mass is 268 g/mol. The predicted molar refractivity (Wildman–Crippen MR) is 66.5 cm³/mol. The van der Waals surface area contributed by atoms with Crippen LogP contribution in [0.2, 0.25) is 0 Å². The lowest BCUT2D eigenvalue weighted by molar-refractivity contribution is 0.208. The van der Waals surface area contributed by atoms with E-state index in [1.807, 2.05) is 0 Å². The second-order valence-electron chi connectivity index (χ2n) is 4.39. The summed E-state index contributed by atoms with van der Waals surface area (Å²) in [6.45, 7) is 4.25. The molecule has 0 heterocycles. The lowest BCUT2D eigenvalue weighted by atomic mass is 10.1. The highest BCUT2D eigenvalue weighted by atomic mass is 79.9. The Morgan fingerprint density at radius 2 is 1.73 bits per heavy atom. The smallest absolute Gasteiger partial charge is 0.134 e. The van der Waals surface area contributed by atoms with Crippen molar-refractivity contribution >= 4 is 15.9 Å². The van der Waals surface area contributed by atoms with Crippen LogP contribution in [0, 0.1) is 13.8 Å². The molecule has 1 aromatic carbocycles. The van der Waals surface area contributed by atoms with Gasteiger partial charge in [-0.3, -0.25) is 0 Å². The van der Waals surface area contributed by atoms with Crippen molar-refractivity contribution in [3.05, 3.63) is 27.7 Å². The molecule has 1 aromatic rings. The Kier molecular flexibility index (Phi) is 3.35. The normalized spacial score (nSPS) is 17.0. The van der Waals surface area contributed by atoms with E-state index >= 15 is 0 Å². The van der Waals surface area contributed by atoms with Gasteiger partial charge in [0, 0.05) is 0 Å². The molecule has 1 aliphatic carbocycles. The second kappa shape index (κ2) is 4.56. The van der Waals surface area contributed by atoms with Crippen LogP contribution in [0.5, 0.6) is 5.75 Å². The van der Waals surface area contributed by atoms with E-state index < -0.39 is 0 Å². The highest BCUT2D eigenvalue weighted by Gasteiger charge is 2.17. The van der Waals surface area contributed by atoms with Gasteiger partial charge in [-0.05, 0) is 78.7 Å². The zero-order valence-corrected chi connectivity index (χ0v) is 10.9. The SMILES string of the molecule is Cc1cc(Br)c(OC2CCCC2)cc1C. The van der Waals surface area contributed by atoms with Gasteiger partial charge in [0.2, 0.25) is 0 Å². The lowest BCUT2D eigenvalue weighted by Gasteiger charge is -2.15. The highest BCUT2D eigenvalue weighted by molar-refractivity contribution is 9.10. The van der Waals surface area contributed by atoms with Crippen molar-refractivity contribution in [2.75, 3.05) is 0 Å². The molecule has 1 nitrogen and oxygen atoms in total. The van der Waals surface area contributed by atoms with Gasteiger partial charge in [0.25, 0.3) is 0 Å². The van der Waals surface area contributed by atoms with Crippen molar-refractivity contribution in [2.24, 2.45) is 0 Å². The zero-order chi connectivity index (χ0) is 10.8. The van der Waals surface area contributed by atoms with Crippen molar-refractivity contribution in [1.29, 1.82) is 0 Å². The number of hydrogen-bond donors (Lipinski definition) is 0. The summed E-state index contributed by atoms with van der Waals surface area (Å²) >= 11 is 3.56. The Morgan fingerprint density at radius 1 is 1.13 bits per heavy atom. The topological polar surface area (TPSA) is 9.23 Å². The molecular formula is C13H17BrO. The lowest BCUT2D eigenvalue weighted by Crippen LogP contribution is -2.11. The molecule has 0 radical (unpaired) electrons. The van der Waals surface area contributed by atoms with Crippen LogP contribution in [-0.2, 0) is 0 Å². The minimum atomic E-state index is 0.434. The van der Waals surface area contributed by atoms with Crippen molar-refractivity contribution in [3.63, 3.8) is 0 Å². The maximum atomic E-state index is 6.00. The van der Waals surface area contributed by atoms with E-state index in [0.29, 0.717) is 6.10 Å². The van der Waals surface area contributed by atoms with E-state index in [2.05, 4.69) is 41.9 Å². The fraction of sp³-hybridized carbons (Fsp3) is 0.538. The van der Waals surface area contributed by atoms with E-state index in [1.165, 1.54) is 36.8 Å². The minimum absolute atomic E-state index is 0.434. The molecule has 2 rings (SSSR count). The minimum Gasteiger partial charge on any atom is -0.489 e. The Balaban J connectivity index is 2.16. The predicted octanol–water partition coefficient (Wildman–Crippen LogP) is 4.39. The molecule has 1 saturated carbocycles. The van der Waals surface area contributed by atoms with E-state index in [0.717, 1.165) is 10.2 Å². The number of halogens is 1. The summed E-state index contributed by atoms with van der Waals surface area (Å²) in [5, 5.41) is 0. The van der Waals surface area contributed by atoms with Crippen LogP contribution >= 0.6 is 15.9 Å². The summed E-state index contributed by atoms with van der Waals surface area (Å²) < 4.78 is 7.08. The molecule has 82 valence electrons. The largest absolute Gasteiger partial charge is 0.489 e. The van der Waals surface area contributed by atoms with Gasteiger partial charge in [0.1, 0.15) is 5.75 Å². The average molecular weight is 269 g/mol. The van der Waals surface area contributed by atoms with Gasteiger partial charge >= 0.3 is 0 Å². The molecule has 0 bridgehead atoms. The summed E-state index contributed by atoms with van der Waals surface area (Å²) in [4.78, 5) is 0. The third kappa shape index (κ3) is 2.54. The van der Waals surface area contributed by atoms with Crippen LogP contribution in [0.1, 0.15) is 36.8 Å². The molecule has 0 aliphatic heterocycles. The quantitative estimate of drug-likeness (QED) is 0.773. The molecular weight excluding hydrogens is 252 g/mol. The van der Waals surface area contributed by atoms with Gasteiger partial charge in [-0.25, -0.2) is 0 Å². The maximum absolute atomic E-state index is 6.00. The van der Waals surface area contributed by atoms with E-state index in [9.17, 15) is 0 Å². The van der Waals surface area contributed by atoms with Crippen molar-refractivity contribution in [3.8, 4) is 5.75 Å². The maximum Gasteiger partial charge on any atom is 0.134 e. The fourth-order valence-electron chi connectivity index (χ4n) is 2.03. The first-order chi connectivity index (χ1) is 7.16. The molecule has 1 aliphatic rings. The Labute approximate surface area is 100.0 Å². The van der Waals surface area contributed by atoms with Gasteiger partial charge < -0.3 is 4.74 Å². The fourth-order valence-corrected chi connectivity index (χ4v) is 2.58. The molecule has 0 saturated heterocycles. The van der Waals surface area contributed by atoms with Crippen LogP contribution in [0.4, 0.5) is 0 Å². The van der Waals surface area contributed by atoms with Crippen molar-refractivity contribution < 1.29 is 4.74 Å². The van der Waals surface area contributed by atoms with Crippen LogP contribution in [0.25, 0.3) is 0 Å². The summed E-state index contributed by atoms with van der Waals surface area (Å²) in [6.07, 6.45) is 5.47. The number of aryl methyl sites for hydroxylation is 2. The van der Waals surface area contributed by atoms with Gasteiger partial charge in [-0.15, -0.1) is 0 Å². The summed E-state index contributed by atoms with van der Waals surface area (Å²) in [5.41, 5.74) is 2.60. The Hall–Kier alpha value is -0.500. The molecule has 0 aromatic heterocycles. The van der Waals surface area contributed by atoms with Crippen molar-refractivity contribution in [2.45, 2.75) is 45.6 Å². The third-order valence-corrected chi connectivity index (χ3v) is 3.76. The molecule has 2 heteroatoms. The first-order valence-corrected chi connectivity index (χ1v) is 6.39. The van der Waals surface area contributed by atoms with Gasteiger partial charge in [0.05, 0.1) is 10.6 Å². The number of ether oxygens (including phenoxy) is 1. The molecule has 0 unspecified atom stereocenters. The van der Waals surface area contributed by atoms with Crippen LogP contribution < -0.4 is 4.74 Å². The second-order valence-corrected chi connectivity index (χ2v) is 5.25. The first kappa shape index (κ1) is 11.0. The molecule has 0 N–H and O–H groups in total. The Morgan fingerprint density at radius 3 is 2.40 bits per heavy atom. The average Bonchev–Trinajstić information content (AvgIpc) is 2.67. The van der Waals surface area contributed by atoms with Crippen LogP contribution in [-0.4, -0.2) is 6.10 Å². The molecule has 15 heavy (non-hydrogen) atoms. The summed E-state index contributed by atoms with van der Waals surface area (Å²) in [5.74, 6) is 1.00. The standard InChI is InChI=1S/C13H17BrO/c1-9-7-12(14)13(8-10(9)2)15-11-5-3-4-6-11/h7-8,11H,3-6H2,1-2H3. The number of hydrogen-bond acceptors (Lipinski definition) is 1. The molecule has 0 spiro atoms. The highest BCUT2D eigenvalue weighted by Crippen LogP contribution is 2.32. The van der Waals surface area contributed by atoms with Crippen LogP contribution in [0.15, 0.2) is 16.6 Å². The van der Waals surface area contributed by atoms with E-state index in [4.69, 9.17) is 4.74 Å². The van der Waals surface area contributed by atoms with Crippen LogP contribution in [0.3, 0.4) is 0 Å². The van der Waals surface area contributed by atoms with Gasteiger partial charge in [-0.2, -0.15) is 0 Å². The molecule has 0 atom stereocenters.